The predicted molar refractivity (Wildman–Crippen MR) is 122 cm³/mol. The van der Waals surface area contributed by atoms with Crippen molar-refractivity contribution in [2.75, 3.05) is 52.9 Å². The van der Waals surface area contributed by atoms with Crippen LogP contribution in [0.4, 0.5) is 0 Å². The highest BCUT2D eigenvalue weighted by Crippen LogP contribution is 2.18. The zero-order valence-electron chi connectivity index (χ0n) is 18.5. The fraction of sp³-hybridized carbons (Fsp3) is 0.522. The Hall–Kier alpha value is -2.16. The van der Waals surface area contributed by atoms with Crippen LogP contribution in [-0.2, 0) is 16.6 Å². The average molecular weight is 448 g/mol. The first-order valence-corrected chi connectivity index (χ1v) is 12.2. The first-order chi connectivity index (χ1) is 15.1. The zero-order valence-corrected chi connectivity index (χ0v) is 19.3. The molecule has 0 bridgehead atoms. The van der Waals surface area contributed by atoms with Crippen LogP contribution in [-0.4, -0.2) is 72.8 Å². The predicted octanol–water partition coefficient (Wildman–Crippen LogP) is 2.74. The number of nitrogens with zero attached hydrogens (tertiary/aromatic N) is 2. The van der Waals surface area contributed by atoms with E-state index in [2.05, 4.69) is 22.0 Å². The van der Waals surface area contributed by atoms with E-state index in [-0.39, 0.29) is 17.4 Å². The fourth-order valence-electron chi connectivity index (χ4n) is 3.66. The summed E-state index contributed by atoms with van der Waals surface area (Å²) in [6, 6.07) is 10.5. The third-order valence-electron chi connectivity index (χ3n) is 5.42. The first-order valence-electron chi connectivity index (χ1n) is 10.9. The fourth-order valence-corrected chi connectivity index (χ4v) is 4.68. The van der Waals surface area contributed by atoms with Gasteiger partial charge in [0.25, 0.3) is 5.91 Å². The Balaban J connectivity index is 1.37. The van der Waals surface area contributed by atoms with E-state index in [0.29, 0.717) is 17.2 Å². The van der Waals surface area contributed by atoms with Crippen LogP contribution in [0.5, 0.6) is 5.75 Å². The minimum atomic E-state index is -1.25. The smallest absolute Gasteiger partial charge is 0.286 e. The van der Waals surface area contributed by atoms with Gasteiger partial charge < -0.3 is 24.3 Å². The van der Waals surface area contributed by atoms with E-state index in [1.807, 2.05) is 0 Å². The molecular formula is C23H33N3O4S. The number of methoxy groups -OCH3 is 1. The highest BCUT2D eigenvalue weighted by molar-refractivity contribution is 7.84. The summed E-state index contributed by atoms with van der Waals surface area (Å²) in [5, 5.41) is 2.92. The van der Waals surface area contributed by atoms with Gasteiger partial charge in [0.1, 0.15) is 11.5 Å². The second kappa shape index (κ2) is 12.0. The first kappa shape index (κ1) is 23.5. The molecule has 1 aromatic heterocycles. The van der Waals surface area contributed by atoms with Crippen molar-refractivity contribution >= 4 is 16.7 Å². The van der Waals surface area contributed by atoms with E-state index in [1.54, 1.807) is 43.5 Å². The minimum Gasteiger partial charge on any atom is -0.497 e. The Labute approximate surface area is 187 Å². The number of ether oxygens (including phenoxy) is 1. The summed E-state index contributed by atoms with van der Waals surface area (Å²) in [6.45, 7) is 9.47. The van der Waals surface area contributed by atoms with Gasteiger partial charge in [-0.3, -0.25) is 9.00 Å². The minimum absolute atomic E-state index is 0.226. The summed E-state index contributed by atoms with van der Waals surface area (Å²) in [5.41, 5.74) is 0. The quantitative estimate of drug-likeness (QED) is 0.534. The molecule has 7 nitrogen and oxygen atoms in total. The Bertz CT molecular complexity index is 845. The number of piperazine rings is 1. The van der Waals surface area contributed by atoms with E-state index in [9.17, 15) is 9.00 Å². The molecule has 1 N–H and O–H groups in total. The van der Waals surface area contributed by atoms with Crippen molar-refractivity contribution in [3.05, 3.63) is 47.9 Å². The van der Waals surface area contributed by atoms with Gasteiger partial charge in [-0.2, -0.15) is 0 Å². The molecule has 2 aromatic rings. The molecule has 0 saturated carbocycles. The van der Waals surface area contributed by atoms with Crippen molar-refractivity contribution in [1.82, 2.24) is 15.1 Å². The molecule has 31 heavy (non-hydrogen) atoms. The van der Waals surface area contributed by atoms with Crippen molar-refractivity contribution in [3.8, 4) is 5.75 Å². The second-order valence-electron chi connectivity index (χ2n) is 7.72. The normalized spacial score (nSPS) is 16.2. The number of amides is 1. The number of furan rings is 1. The molecule has 3 rings (SSSR count). The number of rotatable bonds is 11. The average Bonchev–Trinajstić information content (AvgIpc) is 3.26. The number of benzene rings is 1. The van der Waals surface area contributed by atoms with Crippen molar-refractivity contribution in [1.29, 1.82) is 0 Å². The van der Waals surface area contributed by atoms with E-state index in [1.165, 1.54) is 13.0 Å². The van der Waals surface area contributed by atoms with Crippen LogP contribution < -0.4 is 10.1 Å². The zero-order chi connectivity index (χ0) is 22.1. The molecule has 1 amide bonds. The van der Waals surface area contributed by atoms with Crippen LogP contribution in [0.1, 0.15) is 36.1 Å². The van der Waals surface area contributed by atoms with E-state index in [0.717, 1.165) is 44.9 Å². The number of carbonyl (C=O) groups is 1. The SMILES string of the molecule is CCCN1CCN(CCCNC(=O)c2ccc(C[S@](=O)c3ccc(OC)cc3)o2)CC1. The van der Waals surface area contributed by atoms with Crippen LogP contribution in [0.2, 0.25) is 0 Å². The van der Waals surface area contributed by atoms with E-state index >= 15 is 0 Å². The topological polar surface area (TPSA) is 75.0 Å². The molecule has 1 aliphatic rings. The van der Waals surface area contributed by atoms with Gasteiger partial charge in [-0.1, -0.05) is 6.92 Å². The van der Waals surface area contributed by atoms with Crippen molar-refractivity contribution in [2.24, 2.45) is 0 Å². The van der Waals surface area contributed by atoms with Gasteiger partial charge in [0.05, 0.1) is 23.7 Å². The maximum absolute atomic E-state index is 12.5. The lowest BCUT2D eigenvalue weighted by molar-refractivity contribution is 0.0919. The Kier molecular flexibility index (Phi) is 9.12. The molecule has 1 aromatic carbocycles. The van der Waals surface area contributed by atoms with E-state index in [4.69, 9.17) is 9.15 Å². The highest BCUT2D eigenvalue weighted by atomic mass is 32.2. The maximum atomic E-state index is 12.5. The van der Waals surface area contributed by atoms with Gasteiger partial charge >= 0.3 is 0 Å². The van der Waals surface area contributed by atoms with Gasteiger partial charge in [-0.05, 0) is 62.3 Å². The molecule has 0 aliphatic carbocycles. The Morgan fingerprint density at radius 2 is 1.74 bits per heavy atom. The maximum Gasteiger partial charge on any atom is 0.286 e. The number of hydrogen-bond donors (Lipinski definition) is 1. The molecule has 0 radical (unpaired) electrons. The van der Waals surface area contributed by atoms with Gasteiger partial charge in [-0.15, -0.1) is 0 Å². The lowest BCUT2D eigenvalue weighted by atomic mass is 10.2. The number of nitrogens with one attached hydrogen (secondary N) is 1. The van der Waals surface area contributed by atoms with Crippen LogP contribution in [0.3, 0.4) is 0 Å². The van der Waals surface area contributed by atoms with Crippen molar-refractivity contribution < 1.29 is 18.2 Å². The third kappa shape index (κ3) is 7.19. The number of hydrogen-bond acceptors (Lipinski definition) is 6. The summed E-state index contributed by atoms with van der Waals surface area (Å²) in [5.74, 6) is 1.51. The molecule has 8 heteroatoms. The Morgan fingerprint density at radius 1 is 1.06 bits per heavy atom. The molecule has 170 valence electrons. The standard InChI is InChI=1S/C23H33N3O4S/c1-3-12-25-14-16-26(17-15-25)13-4-11-24-23(27)22-10-7-20(30-22)18-31(28)21-8-5-19(29-2)6-9-21/h5-10H,3-4,11-18H2,1-2H3,(H,24,27)/t31-/m0/s1. The lowest BCUT2D eigenvalue weighted by Gasteiger charge is -2.34. The molecule has 1 saturated heterocycles. The third-order valence-corrected chi connectivity index (χ3v) is 6.77. The van der Waals surface area contributed by atoms with E-state index < -0.39 is 10.8 Å². The highest BCUT2D eigenvalue weighted by Gasteiger charge is 2.16. The molecule has 1 atom stereocenters. The van der Waals surface area contributed by atoms with Crippen LogP contribution in [0.15, 0.2) is 45.7 Å². The summed E-state index contributed by atoms with van der Waals surface area (Å²) in [6.07, 6.45) is 2.12. The van der Waals surface area contributed by atoms with Gasteiger partial charge in [0, 0.05) is 37.6 Å². The molecular weight excluding hydrogens is 414 g/mol. The lowest BCUT2D eigenvalue weighted by Crippen LogP contribution is -2.47. The molecule has 1 fully saturated rings. The molecule has 0 spiro atoms. The van der Waals surface area contributed by atoms with Crippen LogP contribution in [0, 0.1) is 0 Å². The van der Waals surface area contributed by atoms with Gasteiger partial charge in [-0.25, -0.2) is 0 Å². The Morgan fingerprint density at radius 3 is 2.39 bits per heavy atom. The number of carbonyl (C=O) groups excluding carboxylic acids is 1. The van der Waals surface area contributed by atoms with Gasteiger partial charge in [0.2, 0.25) is 0 Å². The summed E-state index contributed by atoms with van der Waals surface area (Å²) in [7, 11) is 0.345. The molecule has 0 unspecified atom stereocenters. The van der Waals surface area contributed by atoms with Crippen molar-refractivity contribution in [3.63, 3.8) is 0 Å². The van der Waals surface area contributed by atoms with Crippen LogP contribution >= 0.6 is 0 Å². The second-order valence-corrected chi connectivity index (χ2v) is 9.18. The van der Waals surface area contributed by atoms with Gasteiger partial charge in [0.15, 0.2) is 5.76 Å². The largest absolute Gasteiger partial charge is 0.497 e. The monoisotopic (exact) mass is 447 g/mol. The van der Waals surface area contributed by atoms with Crippen molar-refractivity contribution in [2.45, 2.75) is 30.4 Å². The molecule has 2 heterocycles. The summed E-state index contributed by atoms with van der Waals surface area (Å²) >= 11 is 0. The molecule has 1 aliphatic heterocycles. The summed E-state index contributed by atoms with van der Waals surface area (Å²) < 4.78 is 23.2. The summed E-state index contributed by atoms with van der Waals surface area (Å²) in [4.78, 5) is 18.0. The van der Waals surface area contributed by atoms with Crippen LogP contribution in [0.25, 0.3) is 0 Å².